The third-order valence-corrected chi connectivity index (χ3v) is 6.96. The molecule has 0 radical (unpaired) electrons. The van der Waals surface area contributed by atoms with Gasteiger partial charge in [-0.05, 0) is 41.4 Å². The van der Waals surface area contributed by atoms with E-state index in [4.69, 9.17) is 5.73 Å². The molecule has 1 unspecified atom stereocenters. The average Bonchev–Trinajstić information content (AvgIpc) is 3.49. The quantitative estimate of drug-likeness (QED) is 0.319. The van der Waals surface area contributed by atoms with E-state index in [0.29, 0.717) is 28.8 Å². The zero-order valence-corrected chi connectivity index (χ0v) is 21.5. The normalized spacial score (nSPS) is 12.4. The Kier molecular flexibility index (Phi) is 6.99. The lowest BCUT2D eigenvalue weighted by atomic mass is 10.0. The number of fused-ring (bicyclic) bond motifs is 1. The molecule has 0 saturated heterocycles. The first kappa shape index (κ1) is 24.9. The number of thiophene rings is 1. The number of anilines is 1. The number of primary amides is 1. The number of rotatable bonds is 8. The maximum absolute atomic E-state index is 13.7. The second kappa shape index (κ2) is 9.82. The SMILES string of the molecule is CCn1cc(-c2cc(C(F)F)nc3sc(C(N)=O)c(NC(=O)C(C)Cn4cc(Br)cn4)c23)c(C)n1. The van der Waals surface area contributed by atoms with Gasteiger partial charge in [0.25, 0.3) is 12.3 Å². The van der Waals surface area contributed by atoms with Gasteiger partial charge in [0.1, 0.15) is 15.4 Å². The van der Waals surface area contributed by atoms with Gasteiger partial charge in [-0.15, -0.1) is 11.3 Å². The van der Waals surface area contributed by atoms with Crippen LogP contribution in [0.25, 0.3) is 21.3 Å². The van der Waals surface area contributed by atoms with Crippen molar-refractivity contribution in [2.45, 2.75) is 40.3 Å². The number of nitrogens with one attached hydrogen (secondary N) is 1. The van der Waals surface area contributed by atoms with Crippen LogP contribution in [0.4, 0.5) is 14.5 Å². The Balaban J connectivity index is 1.85. The minimum absolute atomic E-state index is 0.0306. The first-order chi connectivity index (χ1) is 16.6. The molecule has 35 heavy (non-hydrogen) atoms. The Morgan fingerprint density at radius 1 is 1.26 bits per heavy atom. The van der Waals surface area contributed by atoms with Crippen LogP contribution < -0.4 is 11.1 Å². The third kappa shape index (κ3) is 4.96. The lowest BCUT2D eigenvalue weighted by Crippen LogP contribution is -2.25. The van der Waals surface area contributed by atoms with Crippen LogP contribution in [0.15, 0.2) is 29.1 Å². The van der Waals surface area contributed by atoms with E-state index >= 15 is 0 Å². The zero-order valence-electron chi connectivity index (χ0n) is 19.1. The Morgan fingerprint density at radius 2 is 2.00 bits per heavy atom. The van der Waals surface area contributed by atoms with E-state index in [1.807, 2.05) is 6.92 Å². The molecule has 4 aromatic rings. The number of nitrogens with two attached hydrogens (primary N) is 1. The zero-order chi connectivity index (χ0) is 25.4. The molecule has 0 aliphatic rings. The number of nitrogens with zero attached hydrogens (tertiary/aromatic N) is 5. The molecule has 4 aromatic heterocycles. The van der Waals surface area contributed by atoms with E-state index in [1.54, 1.807) is 41.8 Å². The van der Waals surface area contributed by atoms with E-state index in [2.05, 4.69) is 36.4 Å². The summed E-state index contributed by atoms with van der Waals surface area (Å²) < 4.78 is 31.5. The van der Waals surface area contributed by atoms with E-state index in [1.165, 1.54) is 6.07 Å². The van der Waals surface area contributed by atoms with Gasteiger partial charge in [-0.25, -0.2) is 13.8 Å². The van der Waals surface area contributed by atoms with Crippen LogP contribution in [0.3, 0.4) is 0 Å². The molecule has 3 N–H and O–H groups in total. The molecule has 184 valence electrons. The molecule has 0 spiro atoms. The summed E-state index contributed by atoms with van der Waals surface area (Å²) in [5.74, 6) is -1.71. The van der Waals surface area contributed by atoms with E-state index in [-0.39, 0.29) is 27.8 Å². The largest absolute Gasteiger partial charge is 0.365 e. The van der Waals surface area contributed by atoms with Crippen LogP contribution in [0.2, 0.25) is 0 Å². The predicted molar refractivity (Wildman–Crippen MR) is 132 cm³/mol. The van der Waals surface area contributed by atoms with Crippen LogP contribution in [-0.4, -0.2) is 36.4 Å². The first-order valence-corrected chi connectivity index (χ1v) is 12.3. The highest BCUT2D eigenvalue weighted by molar-refractivity contribution is 9.10. The predicted octanol–water partition coefficient (Wildman–Crippen LogP) is 4.76. The molecule has 0 aromatic carbocycles. The Hall–Kier alpha value is -3.19. The standard InChI is InChI=1S/C22H22BrF2N7O2S/c1-4-31-9-14(11(3)30-31)13-5-15(19(24)25)28-22-16(13)17(18(35-22)20(26)33)29-21(34)10(2)7-32-8-12(23)6-27-32/h5-6,8-10,19H,4,7H2,1-3H3,(H2,26,33)(H,29,34). The Bertz CT molecular complexity index is 1430. The number of amides is 2. The van der Waals surface area contributed by atoms with Crippen LogP contribution in [0.1, 0.15) is 41.3 Å². The van der Waals surface area contributed by atoms with Gasteiger partial charge < -0.3 is 11.1 Å². The lowest BCUT2D eigenvalue weighted by Gasteiger charge is -2.14. The molecule has 0 bridgehead atoms. The molecule has 0 saturated carbocycles. The fourth-order valence-electron chi connectivity index (χ4n) is 3.73. The van der Waals surface area contributed by atoms with Crippen molar-refractivity contribution in [3.63, 3.8) is 0 Å². The van der Waals surface area contributed by atoms with Crippen LogP contribution in [0.5, 0.6) is 0 Å². The van der Waals surface area contributed by atoms with Gasteiger partial charge in [0.2, 0.25) is 5.91 Å². The molecule has 9 nitrogen and oxygen atoms in total. The number of aromatic nitrogens is 5. The van der Waals surface area contributed by atoms with Crippen molar-refractivity contribution in [1.29, 1.82) is 0 Å². The number of carbonyl (C=O) groups is 2. The maximum atomic E-state index is 13.7. The lowest BCUT2D eigenvalue weighted by molar-refractivity contribution is -0.119. The summed E-state index contributed by atoms with van der Waals surface area (Å²) in [5.41, 5.74) is 6.93. The van der Waals surface area contributed by atoms with Crippen molar-refractivity contribution in [3.8, 4) is 11.1 Å². The summed E-state index contributed by atoms with van der Waals surface area (Å²) >= 11 is 4.19. The van der Waals surface area contributed by atoms with E-state index in [0.717, 1.165) is 15.8 Å². The van der Waals surface area contributed by atoms with Crippen molar-refractivity contribution in [3.05, 3.63) is 45.4 Å². The minimum atomic E-state index is -2.83. The van der Waals surface area contributed by atoms with Crippen molar-refractivity contribution in [1.82, 2.24) is 24.5 Å². The summed E-state index contributed by atoms with van der Waals surface area (Å²) in [4.78, 5) is 29.7. The molecular weight excluding hydrogens is 544 g/mol. The maximum Gasteiger partial charge on any atom is 0.280 e. The molecule has 2 amide bonds. The van der Waals surface area contributed by atoms with Gasteiger partial charge >= 0.3 is 0 Å². The minimum Gasteiger partial charge on any atom is -0.365 e. The number of aryl methyl sites for hydroxylation is 2. The fraction of sp³-hybridized carbons (Fsp3) is 0.318. The van der Waals surface area contributed by atoms with Crippen LogP contribution in [-0.2, 0) is 17.9 Å². The number of alkyl halides is 2. The second-order valence-electron chi connectivity index (χ2n) is 8.00. The monoisotopic (exact) mass is 565 g/mol. The molecule has 4 heterocycles. The van der Waals surface area contributed by atoms with Gasteiger partial charge in [0.05, 0.1) is 34.5 Å². The molecule has 13 heteroatoms. The Labute approximate surface area is 211 Å². The topological polar surface area (TPSA) is 121 Å². The Morgan fingerprint density at radius 3 is 2.57 bits per heavy atom. The second-order valence-corrected chi connectivity index (χ2v) is 9.92. The molecule has 0 aliphatic heterocycles. The first-order valence-electron chi connectivity index (χ1n) is 10.7. The van der Waals surface area contributed by atoms with E-state index < -0.39 is 23.9 Å². The summed E-state index contributed by atoms with van der Waals surface area (Å²) in [6.45, 7) is 6.25. The number of hydrogen-bond acceptors (Lipinski definition) is 6. The van der Waals surface area contributed by atoms with Gasteiger partial charge in [-0.2, -0.15) is 10.2 Å². The summed E-state index contributed by atoms with van der Waals surface area (Å²) in [6, 6.07) is 1.27. The van der Waals surface area contributed by atoms with Gasteiger partial charge in [-0.3, -0.25) is 19.0 Å². The molecule has 0 aliphatic carbocycles. The molecule has 1 atom stereocenters. The highest BCUT2D eigenvalue weighted by atomic mass is 79.9. The van der Waals surface area contributed by atoms with Crippen molar-refractivity contribution in [2.24, 2.45) is 11.7 Å². The van der Waals surface area contributed by atoms with Crippen molar-refractivity contribution in [2.75, 3.05) is 5.32 Å². The van der Waals surface area contributed by atoms with Gasteiger partial charge in [-0.1, -0.05) is 6.92 Å². The average molecular weight is 566 g/mol. The van der Waals surface area contributed by atoms with Crippen molar-refractivity contribution >= 4 is 55.0 Å². The van der Waals surface area contributed by atoms with Gasteiger partial charge in [0, 0.05) is 29.9 Å². The third-order valence-electron chi connectivity index (χ3n) is 5.45. The fourth-order valence-corrected chi connectivity index (χ4v) is 5.07. The van der Waals surface area contributed by atoms with Crippen molar-refractivity contribution < 1.29 is 18.4 Å². The van der Waals surface area contributed by atoms with E-state index in [9.17, 15) is 18.4 Å². The molecular formula is C22H22BrF2N7O2S. The number of pyridine rings is 1. The highest BCUT2D eigenvalue weighted by Gasteiger charge is 2.27. The highest BCUT2D eigenvalue weighted by Crippen LogP contribution is 2.43. The number of halogens is 3. The van der Waals surface area contributed by atoms with Crippen LogP contribution >= 0.6 is 27.3 Å². The summed E-state index contributed by atoms with van der Waals surface area (Å²) in [7, 11) is 0. The smallest absolute Gasteiger partial charge is 0.280 e. The van der Waals surface area contributed by atoms with Gasteiger partial charge in [0.15, 0.2) is 0 Å². The number of carbonyl (C=O) groups excluding carboxylic acids is 2. The molecule has 4 rings (SSSR count). The number of hydrogen-bond donors (Lipinski definition) is 2. The molecule has 0 fully saturated rings. The summed E-state index contributed by atoms with van der Waals surface area (Å²) in [5, 5.41) is 11.7. The van der Waals surface area contributed by atoms with Crippen LogP contribution in [0, 0.1) is 12.8 Å². The summed E-state index contributed by atoms with van der Waals surface area (Å²) in [6.07, 6.45) is 2.26.